The van der Waals surface area contributed by atoms with Crippen molar-refractivity contribution in [2.75, 3.05) is 0 Å². The van der Waals surface area contributed by atoms with Crippen molar-refractivity contribution in [2.24, 2.45) is 0 Å². The fraction of sp³-hybridized carbons (Fsp3) is 0. The van der Waals surface area contributed by atoms with Gasteiger partial charge in [-0.2, -0.15) is 0 Å². The summed E-state index contributed by atoms with van der Waals surface area (Å²) in [6.07, 6.45) is 0. The van der Waals surface area contributed by atoms with Crippen LogP contribution in [0.3, 0.4) is 0 Å². The maximum atomic E-state index is 10.5. The Morgan fingerprint density at radius 2 is 2.09 bits per heavy atom. The zero-order valence-electron chi connectivity index (χ0n) is 5.90. The molecular formula is C6H4NaO3S. The third-order valence-electron chi connectivity index (χ3n) is 1.24. The van der Waals surface area contributed by atoms with Crippen molar-refractivity contribution in [3.63, 3.8) is 0 Å². The first kappa shape index (κ1) is 9.22. The van der Waals surface area contributed by atoms with Gasteiger partial charge in [0.25, 0.3) is 0 Å². The monoisotopic (exact) mass is 179 g/mol. The van der Waals surface area contributed by atoms with E-state index in [-0.39, 0.29) is 4.90 Å². The molecule has 0 saturated carbocycles. The summed E-state index contributed by atoms with van der Waals surface area (Å²) in [5.41, 5.74) is 0. The van der Waals surface area contributed by atoms with Crippen molar-refractivity contribution in [2.45, 2.75) is 4.90 Å². The first-order valence-electron chi connectivity index (χ1n) is 2.96. The first-order valence-corrected chi connectivity index (χ1v) is 5.40. The van der Waals surface area contributed by atoms with Gasteiger partial charge in [0, 0.05) is 0 Å². The van der Waals surface area contributed by atoms with E-state index < -0.39 is 10.1 Å². The van der Waals surface area contributed by atoms with Crippen LogP contribution in [0.25, 0.3) is 0 Å². The molecular weight excluding hydrogens is 175 g/mol. The molecule has 0 unspecified atom stereocenters. The summed E-state index contributed by atoms with van der Waals surface area (Å²) < 4.78 is 30.5. The Bertz CT molecular complexity index is 341. The van der Waals surface area contributed by atoms with Gasteiger partial charge in [-0.25, -0.2) is 0 Å². The fourth-order valence-electron chi connectivity index (χ4n) is 0.649. The second kappa shape index (κ2) is 3.25. The van der Waals surface area contributed by atoms with Crippen LogP contribution in [0.4, 0.5) is 0 Å². The summed E-state index contributed by atoms with van der Waals surface area (Å²) in [5.74, 6) is 0. The van der Waals surface area contributed by atoms with E-state index in [1.807, 2.05) is 0 Å². The van der Waals surface area contributed by atoms with E-state index in [9.17, 15) is 8.42 Å². The maximum absolute atomic E-state index is 10.5. The first-order chi connectivity index (χ1) is 5.00. The minimum absolute atomic E-state index is 0.0999. The van der Waals surface area contributed by atoms with E-state index in [1.54, 1.807) is 6.07 Å². The molecule has 0 aliphatic rings. The van der Waals surface area contributed by atoms with Gasteiger partial charge < -0.3 is 0 Å². The van der Waals surface area contributed by atoms with Gasteiger partial charge in [0.1, 0.15) is 0 Å². The number of rotatable bonds is 1. The predicted octanol–water partition coefficient (Wildman–Crippen LogP) is -0.473. The molecule has 1 N–H and O–H groups in total. The van der Waals surface area contributed by atoms with Gasteiger partial charge >= 0.3 is 83.0 Å². The van der Waals surface area contributed by atoms with Crippen LogP contribution in [0.15, 0.2) is 23.1 Å². The molecule has 0 aromatic heterocycles. The van der Waals surface area contributed by atoms with Crippen molar-refractivity contribution in [3.8, 4) is 0 Å². The average Bonchev–Trinajstić information content (AvgIpc) is 1.86. The molecule has 0 atom stereocenters. The summed E-state index contributed by atoms with van der Waals surface area (Å²) in [5, 5.41) is 0. The van der Waals surface area contributed by atoms with E-state index in [0.717, 1.165) is 30.7 Å². The van der Waals surface area contributed by atoms with E-state index in [0.29, 0.717) is 0 Å². The van der Waals surface area contributed by atoms with Crippen LogP contribution in [0.1, 0.15) is 0 Å². The summed E-state index contributed by atoms with van der Waals surface area (Å²) in [7, 11) is -4.04. The van der Waals surface area contributed by atoms with Crippen molar-refractivity contribution >= 4 is 40.9 Å². The molecule has 11 heavy (non-hydrogen) atoms. The van der Waals surface area contributed by atoms with E-state index in [1.165, 1.54) is 12.1 Å². The molecule has 53 valence electrons. The summed E-state index contributed by atoms with van der Waals surface area (Å²) >= 11 is 0.826. The standard InChI is InChI=1S/C6H4O3S.Na/c7-10(8,9)6-4-2-1-3-5-6;/h2,4-5H,(H,7,8,9);. The average molecular weight is 179 g/mol. The van der Waals surface area contributed by atoms with Gasteiger partial charge in [0.2, 0.25) is 0 Å². The van der Waals surface area contributed by atoms with Crippen LogP contribution in [0.2, 0.25) is 0 Å². The molecule has 5 heteroatoms. The zero-order valence-corrected chi connectivity index (χ0v) is 8.72. The molecule has 3 nitrogen and oxygen atoms in total. The Kier molecular flexibility index (Phi) is 2.72. The van der Waals surface area contributed by atoms with Crippen LogP contribution in [0, 0.1) is 6.07 Å². The van der Waals surface area contributed by atoms with Gasteiger partial charge in [0.15, 0.2) is 0 Å². The molecule has 0 amide bonds. The molecule has 0 fully saturated rings. The molecule has 1 rings (SSSR count). The normalized spacial score (nSPS) is 11.5. The molecule has 0 aliphatic heterocycles. The van der Waals surface area contributed by atoms with Crippen molar-refractivity contribution in [3.05, 3.63) is 24.3 Å². The van der Waals surface area contributed by atoms with Crippen LogP contribution in [0.5, 0.6) is 0 Å². The topological polar surface area (TPSA) is 54.4 Å². The van der Waals surface area contributed by atoms with Crippen molar-refractivity contribution in [1.29, 1.82) is 0 Å². The third-order valence-corrected chi connectivity index (χ3v) is 2.71. The second-order valence-corrected chi connectivity index (χ2v) is 4.68. The molecule has 0 aliphatic carbocycles. The van der Waals surface area contributed by atoms with Crippen LogP contribution < -0.4 is 2.81 Å². The van der Waals surface area contributed by atoms with Gasteiger partial charge in [0.05, 0.1) is 0 Å². The molecule has 0 spiro atoms. The molecule has 0 saturated heterocycles. The Balaban J connectivity index is 3.20. The molecule has 0 heterocycles. The van der Waals surface area contributed by atoms with Crippen LogP contribution in [-0.4, -0.2) is 40.9 Å². The molecule has 1 aromatic carbocycles. The molecule has 1 radical (unpaired) electrons. The predicted molar refractivity (Wildman–Crippen MR) is 40.5 cm³/mol. The quantitative estimate of drug-likeness (QED) is 0.468. The SMILES string of the molecule is O=S(=O)(O)c1c[c][c]([Na])cc1. The second-order valence-electron chi connectivity index (χ2n) is 2.18. The van der Waals surface area contributed by atoms with Gasteiger partial charge in [-0.15, -0.1) is 0 Å². The Labute approximate surface area is 82.6 Å². The zero-order chi connectivity index (χ0) is 8.48. The number of hydrogen-bond acceptors (Lipinski definition) is 2. The fourth-order valence-corrected chi connectivity index (χ4v) is 1.41. The van der Waals surface area contributed by atoms with Gasteiger partial charge in [-0.3, -0.25) is 0 Å². The third kappa shape index (κ3) is 2.57. The van der Waals surface area contributed by atoms with Gasteiger partial charge in [-0.1, -0.05) is 0 Å². The Morgan fingerprint density at radius 1 is 1.45 bits per heavy atom. The summed E-state index contributed by atoms with van der Waals surface area (Å²) in [4.78, 5) is -0.0999. The van der Waals surface area contributed by atoms with E-state index in [2.05, 4.69) is 6.07 Å². The molecule has 1 aromatic rings. The summed E-state index contributed by atoms with van der Waals surface area (Å²) in [6, 6.07) is 7.01. The van der Waals surface area contributed by atoms with Gasteiger partial charge in [-0.05, 0) is 0 Å². The number of hydrogen-bond donors (Lipinski definition) is 1. The minimum atomic E-state index is -4.04. The van der Waals surface area contributed by atoms with E-state index >= 15 is 0 Å². The number of benzene rings is 1. The van der Waals surface area contributed by atoms with Crippen molar-refractivity contribution in [1.82, 2.24) is 0 Å². The van der Waals surface area contributed by atoms with Crippen LogP contribution >= 0.6 is 0 Å². The Hall–Kier alpha value is 0.130. The summed E-state index contributed by atoms with van der Waals surface area (Å²) in [6.45, 7) is 0. The molecule has 0 bridgehead atoms. The van der Waals surface area contributed by atoms with E-state index in [4.69, 9.17) is 4.55 Å². The Morgan fingerprint density at radius 3 is 2.45 bits per heavy atom. The van der Waals surface area contributed by atoms with Crippen molar-refractivity contribution < 1.29 is 13.0 Å². The van der Waals surface area contributed by atoms with Crippen LogP contribution in [-0.2, 0) is 10.1 Å².